The highest BCUT2D eigenvalue weighted by Gasteiger charge is 2.22. The van der Waals surface area contributed by atoms with E-state index < -0.39 is 0 Å². The van der Waals surface area contributed by atoms with Gasteiger partial charge in [-0.1, -0.05) is 84.9 Å². The second kappa shape index (κ2) is 13.7. The van der Waals surface area contributed by atoms with E-state index in [-0.39, 0.29) is 17.5 Å². The molecular formula is C48H29F3N4S. The second-order valence-corrected chi connectivity index (χ2v) is 14.1. The minimum absolute atomic E-state index is 0.279. The molecule has 8 heteroatoms. The van der Waals surface area contributed by atoms with Crippen LogP contribution in [0.4, 0.5) is 30.2 Å². The molecular weight excluding hydrogens is 722 g/mol. The second-order valence-electron chi connectivity index (χ2n) is 13.6. The highest BCUT2D eigenvalue weighted by molar-refractivity contribution is 7.00. The molecule has 0 fully saturated rings. The van der Waals surface area contributed by atoms with Crippen LogP contribution in [0.2, 0.25) is 0 Å². The maximum absolute atomic E-state index is 15.2. The quantitative estimate of drug-likeness (QED) is 0.163. The number of rotatable bonds is 7. The maximum atomic E-state index is 15.2. The third-order valence-corrected chi connectivity index (χ3v) is 10.8. The van der Waals surface area contributed by atoms with Gasteiger partial charge in [-0.05, 0) is 119 Å². The van der Waals surface area contributed by atoms with Crippen molar-refractivity contribution in [2.24, 2.45) is 0 Å². The fraction of sp³-hybridized carbons (Fsp3) is 0. The Labute approximate surface area is 324 Å². The summed E-state index contributed by atoms with van der Waals surface area (Å²) in [6.07, 6.45) is 0. The molecule has 4 nitrogen and oxygen atoms in total. The van der Waals surface area contributed by atoms with Crippen LogP contribution in [0.15, 0.2) is 176 Å². The van der Waals surface area contributed by atoms with Crippen molar-refractivity contribution in [3.63, 3.8) is 0 Å². The first kappa shape index (κ1) is 33.5. The van der Waals surface area contributed by atoms with E-state index in [9.17, 15) is 8.78 Å². The molecule has 2 aromatic heterocycles. The molecule has 0 aliphatic rings. The van der Waals surface area contributed by atoms with Crippen LogP contribution >= 0.6 is 11.7 Å². The van der Waals surface area contributed by atoms with Gasteiger partial charge in [0.1, 0.15) is 28.5 Å². The number of anilines is 3. The first-order chi connectivity index (χ1) is 27.5. The zero-order valence-electron chi connectivity index (χ0n) is 29.6. The summed E-state index contributed by atoms with van der Waals surface area (Å²) < 4.78 is 54.3. The number of aromatic nitrogens is 3. The van der Waals surface area contributed by atoms with Gasteiger partial charge in [0.25, 0.3) is 0 Å². The van der Waals surface area contributed by atoms with Crippen molar-refractivity contribution in [2.45, 2.75) is 0 Å². The zero-order valence-corrected chi connectivity index (χ0v) is 30.4. The summed E-state index contributed by atoms with van der Waals surface area (Å²) in [5, 5.41) is 2.03. The third-order valence-electron chi connectivity index (χ3n) is 10.3. The van der Waals surface area contributed by atoms with E-state index in [0.29, 0.717) is 5.69 Å². The lowest BCUT2D eigenvalue weighted by molar-refractivity contribution is 0.621. The molecule has 0 aliphatic carbocycles. The molecule has 10 rings (SSSR count). The highest BCUT2D eigenvalue weighted by Crippen LogP contribution is 2.43. The molecule has 10 aromatic rings. The Kier molecular flexibility index (Phi) is 8.19. The van der Waals surface area contributed by atoms with Gasteiger partial charge < -0.3 is 9.47 Å². The van der Waals surface area contributed by atoms with Gasteiger partial charge in [0.05, 0.1) is 34.1 Å². The number of hydrogen-bond acceptors (Lipinski definition) is 4. The van der Waals surface area contributed by atoms with E-state index >= 15 is 4.39 Å². The summed E-state index contributed by atoms with van der Waals surface area (Å²) in [6.45, 7) is 0. The molecule has 0 unspecified atom stereocenters. The molecule has 0 bridgehead atoms. The van der Waals surface area contributed by atoms with Gasteiger partial charge in [0, 0.05) is 27.7 Å². The number of fused-ring (bicyclic) bond motifs is 4. The predicted molar refractivity (Wildman–Crippen MR) is 223 cm³/mol. The average molecular weight is 751 g/mol. The zero-order chi connectivity index (χ0) is 37.8. The largest absolute Gasteiger partial charge is 0.308 e. The Morgan fingerprint density at radius 2 is 0.964 bits per heavy atom. The number of benzene rings is 8. The van der Waals surface area contributed by atoms with Crippen LogP contribution in [0.25, 0.3) is 71.9 Å². The van der Waals surface area contributed by atoms with Crippen molar-refractivity contribution >= 4 is 61.6 Å². The Morgan fingerprint density at radius 3 is 1.59 bits per heavy atom. The number of para-hydroxylation sites is 2. The van der Waals surface area contributed by atoms with Gasteiger partial charge in [0.15, 0.2) is 0 Å². The number of hydrogen-bond donors (Lipinski definition) is 0. The molecule has 0 saturated carbocycles. The van der Waals surface area contributed by atoms with Crippen molar-refractivity contribution in [3.8, 4) is 39.1 Å². The number of nitrogens with zero attached hydrogens (tertiary/aromatic N) is 4. The molecule has 56 heavy (non-hydrogen) atoms. The predicted octanol–water partition coefficient (Wildman–Crippen LogP) is 13.7. The van der Waals surface area contributed by atoms with E-state index in [1.54, 1.807) is 36.4 Å². The van der Waals surface area contributed by atoms with Gasteiger partial charge in [0.2, 0.25) is 0 Å². The summed E-state index contributed by atoms with van der Waals surface area (Å²) in [5.41, 5.74) is 12.1. The molecule has 268 valence electrons. The fourth-order valence-corrected chi connectivity index (χ4v) is 8.19. The first-order valence-electron chi connectivity index (χ1n) is 18.1. The minimum atomic E-state index is -0.287. The van der Waals surface area contributed by atoms with E-state index in [4.69, 9.17) is 8.75 Å². The topological polar surface area (TPSA) is 34.0 Å². The lowest BCUT2D eigenvalue weighted by atomic mass is 9.99. The van der Waals surface area contributed by atoms with Crippen molar-refractivity contribution in [1.82, 2.24) is 13.3 Å². The summed E-state index contributed by atoms with van der Waals surface area (Å²) in [5.74, 6) is -0.844. The molecule has 0 aliphatic heterocycles. The third kappa shape index (κ3) is 5.79. The van der Waals surface area contributed by atoms with E-state index in [2.05, 4.69) is 35.2 Å². The van der Waals surface area contributed by atoms with Gasteiger partial charge >= 0.3 is 0 Å². The lowest BCUT2D eigenvalue weighted by Crippen LogP contribution is -2.10. The molecule has 0 radical (unpaired) electrons. The van der Waals surface area contributed by atoms with Crippen molar-refractivity contribution in [1.29, 1.82) is 0 Å². The Hall–Kier alpha value is -7.03. The van der Waals surface area contributed by atoms with E-state index in [1.807, 2.05) is 83.4 Å². The monoisotopic (exact) mass is 750 g/mol. The van der Waals surface area contributed by atoms with Crippen LogP contribution < -0.4 is 4.90 Å². The van der Waals surface area contributed by atoms with Gasteiger partial charge in [-0.15, -0.1) is 0 Å². The lowest BCUT2D eigenvalue weighted by Gasteiger charge is -2.26. The standard InChI is InChI=1S/C48H29F3N4S/c49-35-18-9-30(10-19-35)32-13-22-37(23-14-32)54(38-24-15-33(16-25-38)31-11-20-36(50)21-12-31)46-28-26-39(47-48(46)53-56-52-47)34-17-27-44-41(29-34)40-5-1-3-7-43(40)55(44)45-8-4-2-6-42(45)51/h1-29H. The first-order valence-corrected chi connectivity index (χ1v) is 18.8. The molecule has 0 spiro atoms. The van der Waals surface area contributed by atoms with Crippen molar-refractivity contribution in [3.05, 3.63) is 193 Å². The molecule has 0 amide bonds. The average Bonchev–Trinajstić information content (AvgIpc) is 3.86. The Balaban J connectivity index is 1.10. The Morgan fingerprint density at radius 1 is 0.446 bits per heavy atom. The van der Waals surface area contributed by atoms with Gasteiger partial charge in [-0.25, -0.2) is 13.2 Å². The van der Waals surface area contributed by atoms with Gasteiger partial charge in [-0.3, -0.25) is 0 Å². The van der Waals surface area contributed by atoms with Crippen molar-refractivity contribution in [2.75, 3.05) is 4.90 Å². The Bertz CT molecular complexity index is 2960. The molecule has 2 heterocycles. The van der Waals surface area contributed by atoms with Crippen LogP contribution in [0, 0.1) is 17.5 Å². The van der Waals surface area contributed by atoms with E-state index in [0.717, 1.165) is 95.0 Å². The molecule has 0 N–H and O–H groups in total. The summed E-state index contributed by atoms with van der Waals surface area (Å²) in [4.78, 5) is 2.15. The summed E-state index contributed by atoms with van der Waals surface area (Å²) >= 11 is 1.16. The van der Waals surface area contributed by atoms with Crippen LogP contribution in [-0.2, 0) is 0 Å². The van der Waals surface area contributed by atoms with Crippen LogP contribution in [0.5, 0.6) is 0 Å². The SMILES string of the molecule is Fc1ccc(-c2ccc(N(c3ccc(-c4ccc(F)cc4)cc3)c3ccc(-c4ccc5c(c4)c4ccccc4n5-c4ccccc4F)c4nsnc34)cc2)cc1. The van der Waals surface area contributed by atoms with Crippen LogP contribution in [0.1, 0.15) is 0 Å². The van der Waals surface area contributed by atoms with Crippen LogP contribution in [-0.4, -0.2) is 13.3 Å². The normalized spacial score (nSPS) is 11.5. The van der Waals surface area contributed by atoms with E-state index in [1.165, 1.54) is 30.3 Å². The fourth-order valence-electron chi connectivity index (χ4n) is 7.62. The maximum Gasteiger partial charge on any atom is 0.147 e. The minimum Gasteiger partial charge on any atom is -0.308 e. The molecule has 0 atom stereocenters. The van der Waals surface area contributed by atoms with Crippen LogP contribution in [0.3, 0.4) is 0 Å². The highest BCUT2D eigenvalue weighted by atomic mass is 32.1. The number of halogens is 3. The van der Waals surface area contributed by atoms with Gasteiger partial charge in [-0.2, -0.15) is 8.75 Å². The molecule has 8 aromatic carbocycles. The van der Waals surface area contributed by atoms with Crippen molar-refractivity contribution < 1.29 is 13.2 Å². The molecule has 0 saturated heterocycles. The summed E-state index contributed by atoms with van der Waals surface area (Å²) in [6, 6.07) is 54.6. The summed E-state index contributed by atoms with van der Waals surface area (Å²) in [7, 11) is 0. The smallest absolute Gasteiger partial charge is 0.147 e.